The Morgan fingerprint density at radius 1 is 1.47 bits per heavy atom. The van der Waals surface area contributed by atoms with Crippen LogP contribution in [0.5, 0.6) is 0 Å². The van der Waals surface area contributed by atoms with Gasteiger partial charge in [-0.2, -0.15) is 5.26 Å². The quantitative estimate of drug-likeness (QED) is 0.540. The molecule has 17 heavy (non-hydrogen) atoms. The van der Waals surface area contributed by atoms with Crippen LogP contribution < -0.4 is 11.2 Å². The van der Waals surface area contributed by atoms with E-state index in [-0.39, 0.29) is 6.42 Å². The van der Waals surface area contributed by atoms with E-state index in [2.05, 4.69) is 4.98 Å². The molecule has 0 radical (unpaired) electrons. The van der Waals surface area contributed by atoms with Crippen LogP contribution in [0.25, 0.3) is 0 Å². The summed E-state index contributed by atoms with van der Waals surface area (Å²) in [5, 5.41) is 28.2. The van der Waals surface area contributed by atoms with E-state index in [4.69, 9.17) is 5.26 Å². The van der Waals surface area contributed by atoms with E-state index < -0.39 is 35.4 Å². The smallest absolute Gasteiger partial charge is 0.328 e. The Morgan fingerprint density at radius 2 is 2.18 bits per heavy atom. The van der Waals surface area contributed by atoms with Crippen LogP contribution in [0, 0.1) is 17.2 Å². The average Bonchev–Trinajstić information content (AvgIpc) is 2.54. The second-order valence-electron chi connectivity index (χ2n) is 4.03. The highest BCUT2D eigenvalue weighted by Crippen LogP contribution is 2.33. The predicted molar refractivity (Wildman–Crippen MR) is 56.1 cm³/mol. The highest BCUT2D eigenvalue weighted by Gasteiger charge is 2.43. The second kappa shape index (κ2) is 4.16. The molecule has 1 fully saturated rings. The molecule has 3 N–H and O–H groups in total. The molecule has 0 bridgehead atoms. The fraction of sp³-hybridized carbons (Fsp3) is 0.500. The highest BCUT2D eigenvalue weighted by molar-refractivity contribution is 5.05. The van der Waals surface area contributed by atoms with Crippen LogP contribution >= 0.6 is 0 Å². The molecule has 1 aromatic heterocycles. The Morgan fingerprint density at radius 3 is 2.71 bits per heavy atom. The zero-order valence-corrected chi connectivity index (χ0v) is 8.78. The van der Waals surface area contributed by atoms with Crippen LogP contribution in [0.1, 0.15) is 12.5 Å². The van der Waals surface area contributed by atoms with E-state index in [1.807, 2.05) is 0 Å². The largest absolute Gasteiger partial charge is 0.392 e. The van der Waals surface area contributed by atoms with Crippen LogP contribution in [0.3, 0.4) is 0 Å². The molecular formula is C10H11N3O4. The number of nitrogens with one attached hydrogen (secondary N) is 1. The number of hydrogen-bond acceptors (Lipinski definition) is 5. The summed E-state index contributed by atoms with van der Waals surface area (Å²) in [7, 11) is 0. The molecule has 1 aliphatic rings. The van der Waals surface area contributed by atoms with Crippen molar-refractivity contribution in [2.24, 2.45) is 5.92 Å². The van der Waals surface area contributed by atoms with Crippen molar-refractivity contribution in [3.05, 3.63) is 33.1 Å². The van der Waals surface area contributed by atoms with Gasteiger partial charge in [-0.3, -0.25) is 14.3 Å². The van der Waals surface area contributed by atoms with Crippen molar-refractivity contribution in [2.45, 2.75) is 24.7 Å². The number of aliphatic hydroxyl groups is 2. The molecule has 1 aromatic rings. The fourth-order valence-corrected chi connectivity index (χ4v) is 2.13. The van der Waals surface area contributed by atoms with E-state index in [1.165, 1.54) is 6.20 Å². The number of aromatic amines is 1. The average molecular weight is 237 g/mol. The summed E-state index contributed by atoms with van der Waals surface area (Å²) in [5.41, 5.74) is -1.19. The minimum absolute atomic E-state index is 0.103. The van der Waals surface area contributed by atoms with E-state index in [0.717, 1.165) is 10.6 Å². The lowest BCUT2D eigenvalue weighted by Crippen LogP contribution is -2.35. The predicted octanol–water partition coefficient (Wildman–Crippen LogP) is -1.66. The molecule has 0 amide bonds. The van der Waals surface area contributed by atoms with Crippen molar-refractivity contribution >= 4 is 0 Å². The van der Waals surface area contributed by atoms with Gasteiger partial charge in [0, 0.05) is 12.3 Å². The van der Waals surface area contributed by atoms with Gasteiger partial charge in [-0.1, -0.05) is 0 Å². The van der Waals surface area contributed by atoms with Crippen molar-refractivity contribution in [2.75, 3.05) is 0 Å². The lowest BCUT2D eigenvalue weighted by Gasteiger charge is -2.17. The molecule has 7 nitrogen and oxygen atoms in total. The van der Waals surface area contributed by atoms with Gasteiger partial charge in [0.1, 0.15) is 5.92 Å². The molecular weight excluding hydrogens is 226 g/mol. The number of hydrogen-bond donors (Lipinski definition) is 3. The monoisotopic (exact) mass is 237 g/mol. The molecule has 4 atom stereocenters. The molecule has 0 aliphatic heterocycles. The van der Waals surface area contributed by atoms with Crippen molar-refractivity contribution < 1.29 is 10.2 Å². The van der Waals surface area contributed by atoms with Gasteiger partial charge >= 0.3 is 5.69 Å². The summed E-state index contributed by atoms with van der Waals surface area (Å²) in [6, 6.07) is 2.26. The third-order valence-electron chi connectivity index (χ3n) is 3.02. The van der Waals surface area contributed by atoms with Crippen LogP contribution in [-0.2, 0) is 0 Å². The number of nitrogens with zero attached hydrogens (tertiary/aromatic N) is 2. The molecule has 2 rings (SSSR count). The first-order valence-electron chi connectivity index (χ1n) is 5.12. The number of H-pyrrole nitrogens is 1. The Labute approximate surface area is 95.6 Å². The van der Waals surface area contributed by atoms with Gasteiger partial charge < -0.3 is 10.2 Å². The molecule has 0 aromatic carbocycles. The zero-order chi connectivity index (χ0) is 12.6. The summed E-state index contributed by atoms with van der Waals surface area (Å²) in [6.07, 6.45) is -0.746. The zero-order valence-electron chi connectivity index (χ0n) is 8.78. The highest BCUT2D eigenvalue weighted by atomic mass is 16.3. The standard InChI is InChI=1S/C10H11N3O4/c11-4-5-7(14)3-6(9(5)16)13-2-1-8(15)12-10(13)17/h1-2,5-7,9,14,16H,3H2,(H,12,15,17)/t5-,6-,7+,9-/m1/s1. The summed E-state index contributed by atoms with van der Waals surface area (Å²) < 4.78 is 1.13. The third kappa shape index (κ3) is 1.88. The summed E-state index contributed by atoms with van der Waals surface area (Å²) >= 11 is 0. The van der Waals surface area contributed by atoms with Crippen LogP contribution in [-0.4, -0.2) is 32.0 Å². The van der Waals surface area contributed by atoms with Crippen LogP contribution in [0.2, 0.25) is 0 Å². The Balaban J connectivity index is 2.40. The van der Waals surface area contributed by atoms with Gasteiger partial charge in [0.2, 0.25) is 0 Å². The Bertz CT molecular complexity index is 570. The van der Waals surface area contributed by atoms with Gasteiger partial charge in [0.25, 0.3) is 5.56 Å². The Kier molecular flexibility index (Phi) is 2.83. The first-order chi connectivity index (χ1) is 8.04. The molecule has 0 unspecified atom stereocenters. The van der Waals surface area contributed by atoms with Crippen LogP contribution in [0.15, 0.2) is 21.9 Å². The maximum Gasteiger partial charge on any atom is 0.328 e. The minimum Gasteiger partial charge on any atom is -0.392 e. The van der Waals surface area contributed by atoms with Crippen molar-refractivity contribution in [1.29, 1.82) is 5.26 Å². The fourth-order valence-electron chi connectivity index (χ4n) is 2.13. The first kappa shape index (κ1) is 11.6. The van der Waals surface area contributed by atoms with Gasteiger partial charge in [-0.15, -0.1) is 0 Å². The summed E-state index contributed by atoms with van der Waals surface area (Å²) in [5.74, 6) is -0.918. The molecule has 0 saturated heterocycles. The molecule has 90 valence electrons. The van der Waals surface area contributed by atoms with E-state index in [0.29, 0.717) is 0 Å². The maximum absolute atomic E-state index is 11.5. The molecule has 1 aliphatic carbocycles. The number of aliphatic hydroxyl groups excluding tert-OH is 2. The Hall–Kier alpha value is -1.91. The number of rotatable bonds is 1. The summed E-state index contributed by atoms with van der Waals surface area (Å²) in [6.45, 7) is 0. The SMILES string of the molecule is N#C[C@H]1[C@@H](O)[C@H](n2ccc(=O)[nH]c2=O)C[C@@H]1O. The van der Waals surface area contributed by atoms with E-state index in [9.17, 15) is 19.8 Å². The number of nitriles is 1. The summed E-state index contributed by atoms with van der Waals surface area (Å²) in [4.78, 5) is 24.5. The maximum atomic E-state index is 11.5. The second-order valence-corrected chi connectivity index (χ2v) is 4.03. The molecule has 7 heteroatoms. The van der Waals surface area contributed by atoms with Gasteiger partial charge in [-0.25, -0.2) is 4.79 Å². The van der Waals surface area contributed by atoms with Crippen LogP contribution in [0.4, 0.5) is 0 Å². The third-order valence-corrected chi connectivity index (χ3v) is 3.02. The lowest BCUT2D eigenvalue weighted by molar-refractivity contribution is 0.0830. The molecule has 1 heterocycles. The topological polar surface area (TPSA) is 119 Å². The molecule has 1 saturated carbocycles. The van der Waals surface area contributed by atoms with Crippen molar-refractivity contribution in [1.82, 2.24) is 9.55 Å². The molecule has 0 spiro atoms. The minimum atomic E-state index is -1.13. The normalized spacial score (nSPS) is 32.3. The lowest BCUT2D eigenvalue weighted by atomic mass is 10.1. The van der Waals surface area contributed by atoms with Crippen molar-refractivity contribution in [3.63, 3.8) is 0 Å². The van der Waals surface area contributed by atoms with Gasteiger partial charge in [0.15, 0.2) is 0 Å². The number of aromatic nitrogens is 2. The van der Waals surface area contributed by atoms with Crippen molar-refractivity contribution in [3.8, 4) is 6.07 Å². The van der Waals surface area contributed by atoms with Gasteiger partial charge in [0.05, 0.1) is 24.3 Å². The van der Waals surface area contributed by atoms with E-state index in [1.54, 1.807) is 6.07 Å². The first-order valence-corrected chi connectivity index (χ1v) is 5.12. The van der Waals surface area contributed by atoms with E-state index >= 15 is 0 Å². The van der Waals surface area contributed by atoms with Gasteiger partial charge in [-0.05, 0) is 6.42 Å².